The molecule has 0 aliphatic rings. The van der Waals surface area contributed by atoms with Crippen LogP contribution in [0.5, 0.6) is 0 Å². The van der Waals surface area contributed by atoms with Gasteiger partial charge in [0.25, 0.3) is 0 Å². The molecule has 2 rings (SSSR count). The van der Waals surface area contributed by atoms with Crippen molar-refractivity contribution in [3.63, 3.8) is 0 Å². The van der Waals surface area contributed by atoms with Crippen LogP contribution in [-0.4, -0.2) is 26.8 Å². The van der Waals surface area contributed by atoms with Gasteiger partial charge < -0.3 is 5.32 Å². The minimum atomic E-state index is -3.51. The molecule has 0 radical (unpaired) electrons. The fourth-order valence-corrected chi connectivity index (χ4v) is 2.58. The molecule has 0 saturated carbocycles. The molecule has 8 heteroatoms. The lowest BCUT2D eigenvalue weighted by atomic mass is 10.2. The van der Waals surface area contributed by atoms with Crippen molar-refractivity contribution in [1.82, 2.24) is 4.31 Å². The Hall–Kier alpha value is -1.47. The largest absolute Gasteiger partial charge is 0.354 e. The van der Waals surface area contributed by atoms with Gasteiger partial charge in [0.15, 0.2) is 0 Å². The van der Waals surface area contributed by atoms with Crippen molar-refractivity contribution >= 4 is 50.5 Å². The summed E-state index contributed by atoms with van der Waals surface area (Å²) in [5, 5.41) is 4.01. The Kier molecular flexibility index (Phi) is 5.18. The van der Waals surface area contributed by atoms with Gasteiger partial charge in [-0.1, -0.05) is 29.3 Å². The third-order valence-corrected chi connectivity index (χ3v) is 5.12. The van der Waals surface area contributed by atoms with E-state index in [4.69, 9.17) is 23.2 Å². The van der Waals surface area contributed by atoms with Gasteiger partial charge in [-0.05, 0) is 36.4 Å². The summed E-state index contributed by atoms with van der Waals surface area (Å²) < 4.78 is 27.0. The Morgan fingerprint density at radius 3 is 2.14 bits per heavy atom. The second-order valence-corrected chi connectivity index (χ2v) is 7.36. The van der Waals surface area contributed by atoms with Gasteiger partial charge in [-0.15, -0.1) is 0 Å². The predicted molar refractivity (Wildman–Crippen MR) is 92.4 cm³/mol. The molecule has 0 bridgehead atoms. The number of nitrogens with zero attached hydrogens (tertiary/aromatic N) is 1. The number of hydrogen-bond donors (Lipinski definition) is 2. The van der Waals surface area contributed by atoms with Gasteiger partial charge >= 0.3 is 10.2 Å². The maximum atomic E-state index is 11.7. The monoisotopic (exact) mass is 359 g/mol. The van der Waals surface area contributed by atoms with E-state index in [1.807, 2.05) is 0 Å². The minimum absolute atomic E-state index is 0.432. The standard InChI is InChI=1S/C14H15Cl2N3O2S/c1-19(2)22(20,21)18-11-8-6-10(7-9-11)17-13-5-3-4-12(15)14(13)16/h3-9,17-18H,1-2H3. The van der Waals surface area contributed by atoms with Crippen LogP contribution in [0.25, 0.3) is 0 Å². The number of anilines is 3. The average molecular weight is 360 g/mol. The lowest BCUT2D eigenvalue weighted by molar-refractivity contribution is 0.527. The highest BCUT2D eigenvalue weighted by molar-refractivity contribution is 7.90. The van der Waals surface area contributed by atoms with Crippen LogP contribution in [0, 0.1) is 0 Å². The molecule has 0 amide bonds. The zero-order chi connectivity index (χ0) is 16.3. The van der Waals surface area contributed by atoms with Crippen LogP contribution in [0.1, 0.15) is 0 Å². The Bertz CT molecular complexity index is 762. The fraction of sp³-hybridized carbons (Fsp3) is 0.143. The van der Waals surface area contributed by atoms with Crippen LogP contribution in [0.3, 0.4) is 0 Å². The van der Waals surface area contributed by atoms with Crippen LogP contribution in [0.4, 0.5) is 17.1 Å². The Balaban J connectivity index is 2.14. The molecule has 0 heterocycles. The summed E-state index contributed by atoms with van der Waals surface area (Å²) in [5.41, 5.74) is 1.91. The van der Waals surface area contributed by atoms with E-state index in [0.29, 0.717) is 21.4 Å². The normalized spacial score (nSPS) is 11.5. The zero-order valence-corrected chi connectivity index (χ0v) is 14.3. The van der Waals surface area contributed by atoms with Gasteiger partial charge in [0.2, 0.25) is 0 Å². The smallest absolute Gasteiger partial charge is 0.301 e. The Morgan fingerprint density at radius 1 is 0.955 bits per heavy atom. The van der Waals surface area contributed by atoms with E-state index in [1.54, 1.807) is 42.5 Å². The second-order valence-electron chi connectivity index (χ2n) is 4.69. The maximum absolute atomic E-state index is 11.7. The van der Waals surface area contributed by atoms with Crippen LogP contribution >= 0.6 is 23.2 Å². The molecule has 0 unspecified atom stereocenters. The van der Waals surface area contributed by atoms with E-state index in [9.17, 15) is 8.42 Å². The van der Waals surface area contributed by atoms with Crippen molar-refractivity contribution in [2.24, 2.45) is 0 Å². The first-order chi connectivity index (χ1) is 10.3. The lowest BCUT2D eigenvalue weighted by Crippen LogP contribution is -2.28. The molecule has 0 atom stereocenters. The molecule has 0 aliphatic carbocycles. The maximum Gasteiger partial charge on any atom is 0.301 e. The first-order valence-corrected chi connectivity index (χ1v) is 8.50. The highest BCUT2D eigenvalue weighted by Gasteiger charge is 2.12. The van der Waals surface area contributed by atoms with Gasteiger partial charge in [0.05, 0.1) is 15.7 Å². The Morgan fingerprint density at radius 2 is 1.55 bits per heavy atom. The van der Waals surface area contributed by atoms with Crippen molar-refractivity contribution in [3.8, 4) is 0 Å². The summed E-state index contributed by atoms with van der Waals surface area (Å²) in [4.78, 5) is 0. The molecule has 22 heavy (non-hydrogen) atoms. The van der Waals surface area contributed by atoms with E-state index < -0.39 is 10.2 Å². The third kappa shape index (κ3) is 4.04. The SMILES string of the molecule is CN(C)S(=O)(=O)Nc1ccc(Nc2cccc(Cl)c2Cl)cc1. The molecule has 0 aliphatic heterocycles. The summed E-state index contributed by atoms with van der Waals surface area (Å²) in [7, 11) is -0.595. The fourth-order valence-electron chi connectivity index (χ4n) is 1.62. The summed E-state index contributed by atoms with van der Waals surface area (Å²) in [5.74, 6) is 0. The number of hydrogen-bond acceptors (Lipinski definition) is 3. The first-order valence-electron chi connectivity index (χ1n) is 6.31. The van der Waals surface area contributed by atoms with Crippen molar-refractivity contribution in [3.05, 3.63) is 52.5 Å². The Labute approximate surface area is 140 Å². The third-order valence-electron chi connectivity index (χ3n) is 2.84. The van der Waals surface area contributed by atoms with E-state index in [-0.39, 0.29) is 0 Å². The molecule has 2 aromatic carbocycles. The predicted octanol–water partition coefficient (Wildman–Crippen LogP) is 3.96. The molecule has 5 nitrogen and oxygen atoms in total. The topological polar surface area (TPSA) is 61.4 Å². The van der Waals surface area contributed by atoms with E-state index in [1.165, 1.54) is 14.1 Å². The van der Waals surface area contributed by atoms with E-state index in [0.717, 1.165) is 9.99 Å². The molecule has 0 fully saturated rings. The van der Waals surface area contributed by atoms with Gasteiger partial charge in [0.1, 0.15) is 0 Å². The number of benzene rings is 2. The van der Waals surface area contributed by atoms with Crippen LogP contribution in [0.15, 0.2) is 42.5 Å². The van der Waals surface area contributed by atoms with Crippen molar-refractivity contribution in [2.45, 2.75) is 0 Å². The van der Waals surface area contributed by atoms with Gasteiger partial charge in [-0.3, -0.25) is 4.72 Å². The summed E-state index contributed by atoms with van der Waals surface area (Å²) >= 11 is 12.1. The quantitative estimate of drug-likeness (QED) is 0.849. The van der Waals surface area contributed by atoms with Crippen molar-refractivity contribution < 1.29 is 8.42 Å². The molecule has 2 N–H and O–H groups in total. The molecule has 0 spiro atoms. The number of rotatable bonds is 5. The first kappa shape index (κ1) is 16.9. The van der Waals surface area contributed by atoms with Crippen molar-refractivity contribution in [2.75, 3.05) is 24.1 Å². The minimum Gasteiger partial charge on any atom is -0.354 e. The molecule has 118 valence electrons. The van der Waals surface area contributed by atoms with Crippen LogP contribution in [-0.2, 0) is 10.2 Å². The van der Waals surface area contributed by atoms with Crippen LogP contribution in [0.2, 0.25) is 10.0 Å². The zero-order valence-electron chi connectivity index (χ0n) is 12.0. The number of nitrogens with one attached hydrogen (secondary N) is 2. The highest BCUT2D eigenvalue weighted by Crippen LogP contribution is 2.31. The second kappa shape index (κ2) is 6.75. The molecule has 0 aromatic heterocycles. The molecular weight excluding hydrogens is 345 g/mol. The van der Waals surface area contributed by atoms with Crippen molar-refractivity contribution in [1.29, 1.82) is 0 Å². The highest BCUT2D eigenvalue weighted by atomic mass is 35.5. The van der Waals surface area contributed by atoms with Gasteiger partial charge in [0, 0.05) is 25.5 Å². The van der Waals surface area contributed by atoms with Gasteiger partial charge in [-0.25, -0.2) is 0 Å². The molecular formula is C14H15Cl2N3O2S. The average Bonchev–Trinajstić information content (AvgIpc) is 2.45. The number of halogens is 2. The summed E-state index contributed by atoms with van der Waals surface area (Å²) in [6.07, 6.45) is 0. The van der Waals surface area contributed by atoms with Gasteiger partial charge in [-0.2, -0.15) is 12.7 Å². The molecule has 2 aromatic rings. The van der Waals surface area contributed by atoms with Crippen LogP contribution < -0.4 is 10.0 Å². The summed E-state index contributed by atoms with van der Waals surface area (Å²) in [6, 6.07) is 12.1. The van der Waals surface area contributed by atoms with E-state index >= 15 is 0 Å². The summed E-state index contributed by atoms with van der Waals surface area (Å²) in [6.45, 7) is 0. The van der Waals surface area contributed by atoms with E-state index in [2.05, 4.69) is 10.0 Å². The lowest BCUT2D eigenvalue weighted by Gasteiger charge is -2.14. The molecule has 0 saturated heterocycles.